The van der Waals surface area contributed by atoms with Gasteiger partial charge in [-0.25, -0.2) is 0 Å². The molecule has 3 unspecified atom stereocenters. The number of carbonyl (C=O) groups is 1. The van der Waals surface area contributed by atoms with E-state index in [9.17, 15) is 10.1 Å². The molecule has 34 heavy (non-hydrogen) atoms. The monoisotopic (exact) mass is 535 g/mol. The van der Waals surface area contributed by atoms with E-state index in [1.807, 2.05) is 74.5 Å². The minimum atomic E-state index is -1.02. The number of nitrogens with zero attached hydrogens (tertiary/aromatic N) is 1. The summed E-state index contributed by atoms with van der Waals surface area (Å²) in [4.78, 5) is 13.0. The van der Waals surface area contributed by atoms with Gasteiger partial charge in [0.1, 0.15) is 17.6 Å². The molecule has 172 valence electrons. The first-order chi connectivity index (χ1) is 16.3. The molecule has 3 atom stereocenters. The maximum Gasteiger partial charge on any atom is 0.311 e. The molecule has 0 amide bonds. The summed E-state index contributed by atoms with van der Waals surface area (Å²) in [7, 11) is 0. The Balaban J connectivity index is 1.46. The molecule has 1 saturated carbocycles. The van der Waals surface area contributed by atoms with Crippen molar-refractivity contribution in [1.29, 1.82) is 5.26 Å². The van der Waals surface area contributed by atoms with Crippen molar-refractivity contribution >= 4 is 38.0 Å². The predicted molar refractivity (Wildman–Crippen MR) is 137 cm³/mol. The first-order valence-corrected chi connectivity index (χ1v) is 12.0. The van der Waals surface area contributed by atoms with Gasteiger partial charge in [-0.05, 0) is 53.3 Å². The molecule has 0 radical (unpaired) electrons. The summed E-state index contributed by atoms with van der Waals surface area (Å²) in [5, 5.41) is 10.4. The highest BCUT2D eigenvalue weighted by Gasteiger charge is 2.61. The van der Waals surface area contributed by atoms with E-state index in [1.165, 1.54) is 0 Å². The Morgan fingerprint density at radius 1 is 1.06 bits per heavy atom. The fourth-order valence-corrected chi connectivity index (χ4v) is 4.70. The summed E-state index contributed by atoms with van der Waals surface area (Å²) >= 11 is 9.59. The highest BCUT2D eigenvalue weighted by Crippen LogP contribution is 2.60. The van der Waals surface area contributed by atoms with Crippen LogP contribution in [0.25, 0.3) is 4.48 Å². The van der Waals surface area contributed by atoms with E-state index in [0.29, 0.717) is 22.1 Å². The molecular formula is C28H23BrClNO3. The Bertz CT molecular complexity index is 1250. The molecule has 0 heterocycles. The standard InChI is InChI=1S/C28H23BrClNO3/c1-28(2)23(16-24(29)18-11-13-20(30)14-12-18)26(28)27(32)34-25(17-31)19-7-6-10-22(15-19)33-21-8-4-3-5-9-21/h3-16,23,25-26H,1-2H3. The van der Waals surface area contributed by atoms with Crippen molar-refractivity contribution in [3.63, 3.8) is 0 Å². The van der Waals surface area contributed by atoms with Crippen molar-refractivity contribution in [3.8, 4) is 17.6 Å². The average Bonchev–Trinajstić information content (AvgIpc) is 3.38. The molecular weight excluding hydrogens is 514 g/mol. The molecule has 1 aliphatic rings. The molecule has 0 aromatic heterocycles. The van der Waals surface area contributed by atoms with Crippen LogP contribution in [-0.4, -0.2) is 5.97 Å². The van der Waals surface area contributed by atoms with E-state index in [4.69, 9.17) is 21.1 Å². The molecule has 0 N–H and O–H groups in total. The lowest BCUT2D eigenvalue weighted by atomic mass is 10.1. The fourth-order valence-electron chi connectivity index (χ4n) is 4.03. The minimum Gasteiger partial charge on any atom is -0.457 e. The van der Waals surface area contributed by atoms with Crippen LogP contribution in [0.3, 0.4) is 0 Å². The predicted octanol–water partition coefficient (Wildman–Crippen LogP) is 7.95. The summed E-state index contributed by atoms with van der Waals surface area (Å²) < 4.78 is 12.4. The zero-order valence-electron chi connectivity index (χ0n) is 18.7. The van der Waals surface area contributed by atoms with Crippen LogP contribution in [0.5, 0.6) is 11.5 Å². The highest BCUT2D eigenvalue weighted by molar-refractivity contribution is 9.15. The highest BCUT2D eigenvalue weighted by atomic mass is 79.9. The number of esters is 1. The van der Waals surface area contributed by atoms with Gasteiger partial charge >= 0.3 is 5.97 Å². The smallest absolute Gasteiger partial charge is 0.311 e. The number of carbonyl (C=O) groups excluding carboxylic acids is 1. The van der Waals surface area contributed by atoms with Crippen LogP contribution in [0.2, 0.25) is 5.02 Å². The molecule has 3 aromatic carbocycles. The van der Waals surface area contributed by atoms with Gasteiger partial charge in [-0.1, -0.05) is 89.9 Å². The van der Waals surface area contributed by atoms with E-state index >= 15 is 0 Å². The van der Waals surface area contributed by atoms with Crippen molar-refractivity contribution in [2.75, 3.05) is 0 Å². The van der Waals surface area contributed by atoms with Crippen LogP contribution in [-0.2, 0) is 9.53 Å². The van der Waals surface area contributed by atoms with E-state index in [0.717, 1.165) is 10.0 Å². The van der Waals surface area contributed by atoms with Crippen LogP contribution < -0.4 is 4.74 Å². The first kappa shape index (κ1) is 24.1. The number of benzene rings is 3. The van der Waals surface area contributed by atoms with Crippen molar-refractivity contribution < 1.29 is 14.3 Å². The summed E-state index contributed by atoms with van der Waals surface area (Å²) in [5.41, 5.74) is 1.27. The number of para-hydroxylation sites is 1. The zero-order valence-corrected chi connectivity index (χ0v) is 21.1. The topological polar surface area (TPSA) is 59.3 Å². The molecule has 4 nitrogen and oxygen atoms in total. The Morgan fingerprint density at radius 3 is 2.41 bits per heavy atom. The summed E-state index contributed by atoms with van der Waals surface area (Å²) in [6.45, 7) is 4.05. The number of ether oxygens (including phenoxy) is 2. The second-order valence-electron chi connectivity index (χ2n) is 8.78. The zero-order chi connectivity index (χ0) is 24.3. The fraction of sp³-hybridized carbons (Fsp3) is 0.214. The van der Waals surface area contributed by atoms with Gasteiger partial charge in [0, 0.05) is 15.1 Å². The van der Waals surface area contributed by atoms with Gasteiger partial charge in [0.05, 0.1) is 5.92 Å². The summed E-state index contributed by atoms with van der Waals surface area (Å²) in [6.07, 6.45) is 1.01. The van der Waals surface area contributed by atoms with Crippen molar-refractivity contribution in [1.82, 2.24) is 0 Å². The van der Waals surface area contributed by atoms with Gasteiger partial charge < -0.3 is 9.47 Å². The van der Waals surface area contributed by atoms with Crippen LogP contribution in [0.1, 0.15) is 31.1 Å². The molecule has 6 heteroatoms. The van der Waals surface area contributed by atoms with Gasteiger partial charge in [0.15, 0.2) is 0 Å². The first-order valence-electron chi connectivity index (χ1n) is 10.9. The molecule has 0 spiro atoms. The lowest BCUT2D eigenvalue weighted by Gasteiger charge is -2.13. The molecule has 0 bridgehead atoms. The lowest BCUT2D eigenvalue weighted by Crippen LogP contribution is -2.14. The molecule has 3 aromatic rings. The lowest BCUT2D eigenvalue weighted by molar-refractivity contribution is -0.149. The van der Waals surface area contributed by atoms with Crippen LogP contribution in [0, 0.1) is 28.6 Å². The van der Waals surface area contributed by atoms with Crippen molar-refractivity contribution in [3.05, 3.63) is 101 Å². The van der Waals surface area contributed by atoms with Crippen LogP contribution >= 0.6 is 27.5 Å². The Labute approximate surface area is 212 Å². The summed E-state index contributed by atoms with van der Waals surface area (Å²) in [6, 6.07) is 26.0. The molecule has 4 rings (SSSR count). The Hall–Kier alpha value is -3.07. The molecule has 0 aliphatic heterocycles. The summed E-state index contributed by atoms with van der Waals surface area (Å²) in [5.74, 6) is 0.512. The van der Waals surface area contributed by atoms with E-state index in [1.54, 1.807) is 24.3 Å². The minimum absolute atomic E-state index is 0.0165. The van der Waals surface area contributed by atoms with E-state index < -0.39 is 6.10 Å². The Morgan fingerprint density at radius 2 is 1.74 bits per heavy atom. The normalized spacial score (nSPS) is 19.6. The number of rotatable bonds is 7. The number of allylic oxidation sites excluding steroid dienone is 1. The molecule has 1 aliphatic carbocycles. The second kappa shape index (κ2) is 10.0. The van der Waals surface area contributed by atoms with Crippen LogP contribution in [0.4, 0.5) is 0 Å². The van der Waals surface area contributed by atoms with Gasteiger partial charge in [0.2, 0.25) is 6.10 Å². The largest absolute Gasteiger partial charge is 0.457 e. The number of hydrogen-bond acceptors (Lipinski definition) is 4. The quantitative estimate of drug-likeness (QED) is 0.288. The van der Waals surface area contributed by atoms with Crippen LogP contribution in [0.15, 0.2) is 84.9 Å². The third-order valence-corrected chi connectivity index (χ3v) is 7.08. The third kappa shape index (κ3) is 5.35. The van der Waals surface area contributed by atoms with Gasteiger partial charge in [-0.2, -0.15) is 5.26 Å². The number of hydrogen-bond donors (Lipinski definition) is 0. The van der Waals surface area contributed by atoms with Gasteiger partial charge in [0.25, 0.3) is 0 Å². The van der Waals surface area contributed by atoms with E-state index in [-0.39, 0.29) is 23.2 Å². The van der Waals surface area contributed by atoms with Gasteiger partial charge in [-0.15, -0.1) is 0 Å². The number of nitriles is 1. The van der Waals surface area contributed by atoms with Crippen molar-refractivity contribution in [2.24, 2.45) is 17.3 Å². The SMILES string of the molecule is CC1(C)C(C=C(Br)c2ccc(Cl)cc2)C1C(=O)OC(C#N)c1cccc(Oc2ccccc2)c1. The Kier molecular flexibility index (Phi) is 7.11. The maximum atomic E-state index is 13.0. The number of halogens is 2. The molecule has 0 saturated heterocycles. The van der Waals surface area contributed by atoms with E-state index in [2.05, 4.69) is 22.0 Å². The second-order valence-corrected chi connectivity index (χ2v) is 10.1. The maximum absolute atomic E-state index is 13.0. The van der Waals surface area contributed by atoms with Gasteiger partial charge in [-0.3, -0.25) is 4.79 Å². The average molecular weight is 537 g/mol. The molecule has 1 fully saturated rings. The van der Waals surface area contributed by atoms with Crippen molar-refractivity contribution in [2.45, 2.75) is 20.0 Å². The third-order valence-electron chi connectivity index (χ3n) is 6.10.